The van der Waals surface area contributed by atoms with E-state index >= 15 is 0 Å². The largest absolute Gasteiger partial charge is 0.372 e. The highest BCUT2D eigenvalue weighted by Gasteiger charge is 2.22. The van der Waals surface area contributed by atoms with Crippen LogP contribution in [0.5, 0.6) is 0 Å². The number of aromatic nitrogens is 1. The molecule has 0 saturated carbocycles. The number of nitrogens with zero attached hydrogens (tertiary/aromatic N) is 2. The van der Waals surface area contributed by atoms with Gasteiger partial charge in [0.15, 0.2) is 5.78 Å². The number of H-pyrrole nitrogens is 1. The van der Waals surface area contributed by atoms with Crippen molar-refractivity contribution in [2.24, 2.45) is 9.98 Å². The van der Waals surface area contributed by atoms with Crippen LogP contribution in [0.25, 0.3) is 12.2 Å². The van der Waals surface area contributed by atoms with Crippen molar-refractivity contribution in [1.82, 2.24) is 10.3 Å². The van der Waals surface area contributed by atoms with Crippen LogP contribution < -0.4 is 16.0 Å². The summed E-state index contributed by atoms with van der Waals surface area (Å²) < 4.78 is 0. The average molecular weight is 326 g/mol. The molecule has 1 aromatic rings. The maximum atomic E-state index is 12.2. The van der Waals surface area contributed by atoms with Crippen molar-refractivity contribution in [1.29, 1.82) is 0 Å². The van der Waals surface area contributed by atoms with Crippen LogP contribution >= 0.6 is 0 Å². The Labute approximate surface area is 143 Å². The number of carbonyl (C=O) groups is 1. The van der Waals surface area contributed by atoms with E-state index in [9.17, 15) is 4.79 Å². The second-order valence-electron chi connectivity index (χ2n) is 6.18. The Bertz CT molecular complexity index is 1130. The minimum absolute atomic E-state index is 0.0241. The predicted molar refractivity (Wildman–Crippen MR) is 98.3 cm³/mol. The van der Waals surface area contributed by atoms with E-state index in [0.717, 1.165) is 39.2 Å². The molecule has 120 valence electrons. The molecular weight excluding hydrogens is 312 g/mol. The predicted octanol–water partition coefficient (Wildman–Crippen LogP) is 0.803. The third-order valence-electron chi connectivity index (χ3n) is 4.27. The molecule has 5 heteroatoms. The second kappa shape index (κ2) is 5.27. The zero-order valence-electron chi connectivity index (χ0n) is 13.2. The first-order valence-corrected chi connectivity index (χ1v) is 8.09. The van der Waals surface area contributed by atoms with Crippen LogP contribution in [0, 0.1) is 0 Å². The number of hydrogen-bond donors (Lipinski definition) is 2. The van der Waals surface area contributed by atoms with Crippen LogP contribution in [0.1, 0.15) is 0 Å². The average Bonchev–Trinajstić information content (AvgIpc) is 3.33. The van der Waals surface area contributed by atoms with E-state index in [1.807, 2.05) is 60.7 Å². The molecule has 0 radical (unpaired) electrons. The van der Waals surface area contributed by atoms with Crippen molar-refractivity contribution in [2.75, 3.05) is 0 Å². The fourth-order valence-corrected chi connectivity index (χ4v) is 3.11. The van der Waals surface area contributed by atoms with Crippen molar-refractivity contribution in [2.45, 2.75) is 6.04 Å². The van der Waals surface area contributed by atoms with E-state index < -0.39 is 0 Å². The maximum absolute atomic E-state index is 12.2. The molecule has 0 aliphatic carbocycles. The number of hydrogen-bond acceptors (Lipinski definition) is 4. The van der Waals surface area contributed by atoms with Crippen LogP contribution in [-0.2, 0) is 4.79 Å². The fraction of sp³-hybridized carbons (Fsp3) is 0.0500. The fourth-order valence-electron chi connectivity index (χ4n) is 3.11. The van der Waals surface area contributed by atoms with Gasteiger partial charge in [0, 0.05) is 22.5 Å². The summed E-state index contributed by atoms with van der Waals surface area (Å²) in [4.78, 5) is 24.7. The molecule has 8 bridgehead atoms. The van der Waals surface area contributed by atoms with Crippen molar-refractivity contribution >= 4 is 29.4 Å². The number of carbonyl (C=O) groups excluding carboxylic acids is 1. The minimum Gasteiger partial charge on any atom is -0.372 e. The van der Waals surface area contributed by atoms with E-state index in [1.54, 1.807) is 6.08 Å². The summed E-state index contributed by atoms with van der Waals surface area (Å²) in [6, 6.07) is 3.64. The highest BCUT2D eigenvalue weighted by Crippen LogP contribution is 2.18. The highest BCUT2D eigenvalue weighted by atomic mass is 16.1. The van der Waals surface area contributed by atoms with Crippen molar-refractivity contribution in [3.8, 4) is 0 Å². The molecule has 0 saturated heterocycles. The maximum Gasteiger partial charge on any atom is 0.183 e. The van der Waals surface area contributed by atoms with Gasteiger partial charge in [0.1, 0.15) is 6.04 Å². The van der Waals surface area contributed by atoms with E-state index in [0.29, 0.717) is 0 Å². The van der Waals surface area contributed by atoms with Gasteiger partial charge in [-0.25, -0.2) is 9.98 Å². The number of allylic oxidation sites excluding steroid dienone is 5. The van der Waals surface area contributed by atoms with Crippen molar-refractivity contribution in [3.63, 3.8) is 0 Å². The van der Waals surface area contributed by atoms with Gasteiger partial charge in [-0.2, -0.15) is 0 Å². The number of ketones is 1. The third-order valence-corrected chi connectivity index (χ3v) is 4.27. The molecule has 25 heavy (non-hydrogen) atoms. The van der Waals surface area contributed by atoms with Gasteiger partial charge in [0.05, 0.1) is 22.8 Å². The minimum atomic E-state index is -0.389. The van der Waals surface area contributed by atoms with Crippen LogP contribution in [0.15, 0.2) is 81.7 Å². The molecule has 5 heterocycles. The standard InChI is InChI=1S/C20H14N4O/c25-20-11-18-9-16-4-3-14(22-16)7-12-1-2-13(21-12)8-15-5-6-17(23-15)10-19(20)24-18/h1-11,19,21,24H. The van der Waals surface area contributed by atoms with Crippen molar-refractivity contribution < 1.29 is 4.79 Å². The third kappa shape index (κ3) is 2.65. The van der Waals surface area contributed by atoms with Gasteiger partial charge in [-0.05, 0) is 60.7 Å². The van der Waals surface area contributed by atoms with E-state index in [4.69, 9.17) is 0 Å². The van der Waals surface area contributed by atoms with Gasteiger partial charge in [0.2, 0.25) is 0 Å². The lowest BCUT2D eigenvalue weighted by Crippen LogP contribution is -2.26. The SMILES string of the molecule is O=C1C=C2C=C3C=CC(=N3)C=c3ccc([nH]3)=CC3=NC(=CC1N2)C=C3. The van der Waals surface area contributed by atoms with E-state index in [2.05, 4.69) is 20.3 Å². The Morgan fingerprint density at radius 1 is 0.800 bits per heavy atom. The molecule has 4 aliphatic heterocycles. The first-order chi connectivity index (χ1) is 12.2. The summed E-state index contributed by atoms with van der Waals surface area (Å²) in [7, 11) is 0. The molecular formula is C20H14N4O. The van der Waals surface area contributed by atoms with Crippen molar-refractivity contribution in [3.05, 3.63) is 82.5 Å². The molecule has 5 nitrogen and oxygen atoms in total. The highest BCUT2D eigenvalue weighted by molar-refractivity contribution is 6.20. The zero-order valence-corrected chi connectivity index (χ0v) is 13.2. The summed E-state index contributed by atoms with van der Waals surface area (Å²) in [5, 5.41) is 5.17. The normalized spacial score (nSPS) is 23.1. The van der Waals surface area contributed by atoms with Gasteiger partial charge in [0.25, 0.3) is 0 Å². The summed E-state index contributed by atoms with van der Waals surface area (Å²) in [6.07, 6.45) is 17.1. The molecule has 0 spiro atoms. The van der Waals surface area contributed by atoms with Crippen LogP contribution in [0.4, 0.5) is 0 Å². The molecule has 2 N–H and O–H groups in total. The number of fused-ring (bicyclic) bond motifs is 6. The van der Waals surface area contributed by atoms with Crippen LogP contribution in [0.2, 0.25) is 0 Å². The number of aliphatic imine (C=N–C) groups is 2. The van der Waals surface area contributed by atoms with Gasteiger partial charge >= 0.3 is 0 Å². The van der Waals surface area contributed by atoms with Gasteiger partial charge < -0.3 is 10.3 Å². The zero-order chi connectivity index (χ0) is 16.8. The lowest BCUT2D eigenvalue weighted by molar-refractivity contribution is -0.114. The second-order valence-corrected chi connectivity index (χ2v) is 6.18. The number of aromatic amines is 1. The first-order valence-electron chi connectivity index (χ1n) is 8.09. The van der Waals surface area contributed by atoms with Crippen LogP contribution in [0.3, 0.4) is 0 Å². The number of nitrogens with one attached hydrogen (secondary N) is 2. The summed E-state index contributed by atoms with van der Waals surface area (Å²) >= 11 is 0. The molecule has 1 atom stereocenters. The lowest BCUT2D eigenvalue weighted by Gasteiger charge is -2.06. The summed E-state index contributed by atoms with van der Waals surface area (Å²) in [6.45, 7) is 0. The Balaban J connectivity index is 1.67. The first kappa shape index (κ1) is 13.9. The molecule has 4 aliphatic rings. The van der Waals surface area contributed by atoms with E-state index in [-0.39, 0.29) is 11.8 Å². The Morgan fingerprint density at radius 3 is 2.24 bits per heavy atom. The quantitative estimate of drug-likeness (QED) is 0.740. The monoisotopic (exact) mass is 326 g/mol. The Morgan fingerprint density at radius 2 is 1.48 bits per heavy atom. The Kier molecular flexibility index (Phi) is 2.94. The number of rotatable bonds is 0. The molecule has 1 aromatic heterocycles. The molecule has 0 fully saturated rings. The van der Waals surface area contributed by atoms with Gasteiger partial charge in [-0.15, -0.1) is 0 Å². The van der Waals surface area contributed by atoms with Gasteiger partial charge in [-0.1, -0.05) is 0 Å². The summed E-state index contributed by atoms with van der Waals surface area (Å²) in [5.41, 5.74) is 4.09. The lowest BCUT2D eigenvalue weighted by atomic mass is 10.2. The molecule has 0 aromatic carbocycles. The topological polar surface area (TPSA) is 69.6 Å². The molecule has 1 unspecified atom stereocenters. The van der Waals surface area contributed by atoms with E-state index in [1.165, 1.54) is 0 Å². The van der Waals surface area contributed by atoms with Crippen LogP contribution in [-0.4, -0.2) is 28.2 Å². The molecule has 0 amide bonds. The van der Waals surface area contributed by atoms with Gasteiger partial charge in [-0.3, -0.25) is 4.79 Å². The Hall–Kier alpha value is -3.47. The summed E-state index contributed by atoms with van der Waals surface area (Å²) in [5.74, 6) is 0.0241. The smallest absolute Gasteiger partial charge is 0.183 e. The molecule has 5 rings (SSSR count).